The number of aromatic hydroxyl groups is 1. The monoisotopic (exact) mass is 318 g/mol. The molecule has 2 aromatic heterocycles. The van der Waals surface area contributed by atoms with E-state index in [0.717, 1.165) is 5.39 Å². The van der Waals surface area contributed by atoms with Gasteiger partial charge in [-0.1, -0.05) is 0 Å². The lowest BCUT2D eigenvalue weighted by molar-refractivity contribution is 0.451. The van der Waals surface area contributed by atoms with E-state index in [0.29, 0.717) is 16.8 Å². The number of aromatic nitrogens is 3. The highest BCUT2D eigenvalue weighted by molar-refractivity contribution is 7.92. The molecule has 114 valence electrons. The van der Waals surface area contributed by atoms with Gasteiger partial charge >= 0.3 is 0 Å². The predicted molar refractivity (Wildman–Crippen MR) is 82.2 cm³/mol. The topological polar surface area (TPSA) is 97.1 Å². The van der Waals surface area contributed by atoms with Gasteiger partial charge in [0.05, 0.1) is 11.8 Å². The number of imidazole rings is 1. The minimum atomic E-state index is -3.73. The summed E-state index contributed by atoms with van der Waals surface area (Å²) in [6.07, 6.45) is 2.85. The second-order valence-electron chi connectivity index (χ2n) is 5.02. The van der Waals surface area contributed by atoms with Gasteiger partial charge in [0.2, 0.25) is 5.88 Å². The zero-order valence-electron chi connectivity index (χ0n) is 12.0. The molecule has 0 unspecified atom stereocenters. The number of benzene rings is 1. The molecule has 0 bridgehead atoms. The fourth-order valence-electron chi connectivity index (χ4n) is 2.07. The van der Waals surface area contributed by atoms with Gasteiger partial charge in [0, 0.05) is 29.9 Å². The van der Waals surface area contributed by atoms with E-state index in [1.165, 1.54) is 12.5 Å². The Bertz CT molecular complexity index is 963. The Morgan fingerprint density at radius 2 is 2.05 bits per heavy atom. The molecule has 2 heterocycles. The second kappa shape index (κ2) is 4.99. The molecule has 0 amide bonds. The van der Waals surface area contributed by atoms with Crippen LogP contribution in [0.25, 0.3) is 10.9 Å². The smallest absolute Gasteiger partial charge is 0.280 e. The minimum Gasteiger partial charge on any atom is -0.493 e. The standard InChI is InChI=1S/C14H14N4O3S/c1-9-5-10-6-11(3-4-12(10)16-14(9)19)17-22(20,21)13-7-18(2)8-15-13/h3-8,17H,1-2H3,(H,16,19). The van der Waals surface area contributed by atoms with Crippen LogP contribution < -0.4 is 4.72 Å². The normalized spacial score (nSPS) is 11.7. The summed E-state index contributed by atoms with van der Waals surface area (Å²) in [5.41, 5.74) is 1.62. The summed E-state index contributed by atoms with van der Waals surface area (Å²) in [4.78, 5) is 7.88. The summed E-state index contributed by atoms with van der Waals surface area (Å²) in [7, 11) is -2.03. The van der Waals surface area contributed by atoms with Crippen LogP contribution in [0.15, 0.2) is 41.8 Å². The summed E-state index contributed by atoms with van der Waals surface area (Å²) < 4.78 is 28.5. The summed E-state index contributed by atoms with van der Waals surface area (Å²) in [6.45, 7) is 1.73. The third kappa shape index (κ3) is 2.60. The lowest BCUT2D eigenvalue weighted by atomic mass is 10.1. The van der Waals surface area contributed by atoms with Crippen molar-refractivity contribution in [3.05, 3.63) is 42.4 Å². The van der Waals surface area contributed by atoms with Crippen molar-refractivity contribution in [2.75, 3.05) is 4.72 Å². The van der Waals surface area contributed by atoms with E-state index in [1.54, 1.807) is 42.8 Å². The van der Waals surface area contributed by atoms with Gasteiger partial charge in [-0.2, -0.15) is 8.42 Å². The lowest BCUT2D eigenvalue weighted by Crippen LogP contribution is -2.13. The van der Waals surface area contributed by atoms with Gasteiger partial charge in [-0.3, -0.25) is 4.72 Å². The molecule has 0 aliphatic heterocycles. The van der Waals surface area contributed by atoms with E-state index >= 15 is 0 Å². The summed E-state index contributed by atoms with van der Waals surface area (Å²) >= 11 is 0. The molecule has 0 fully saturated rings. The van der Waals surface area contributed by atoms with Crippen LogP contribution in [0.4, 0.5) is 5.69 Å². The molecular weight excluding hydrogens is 304 g/mol. The molecule has 0 spiro atoms. The molecule has 1 aromatic carbocycles. The average molecular weight is 318 g/mol. The number of hydrogen-bond acceptors (Lipinski definition) is 5. The number of rotatable bonds is 3. The molecule has 0 radical (unpaired) electrons. The van der Waals surface area contributed by atoms with Crippen molar-refractivity contribution in [1.82, 2.24) is 14.5 Å². The number of fused-ring (bicyclic) bond motifs is 1. The summed E-state index contributed by atoms with van der Waals surface area (Å²) in [5.74, 6) is -0.0330. The zero-order valence-corrected chi connectivity index (χ0v) is 12.8. The number of sulfonamides is 1. The zero-order chi connectivity index (χ0) is 15.9. The van der Waals surface area contributed by atoms with Crippen molar-refractivity contribution >= 4 is 26.6 Å². The molecule has 2 N–H and O–H groups in total. The number of pyridine rings is 1. The molecule has 7 nitrogen and oxygen atoms in total. The third-order valence-corrected chi connectivity index (χ3v) is 4.45. The number of nitrogens with zero attached hydrogens (tertiary/aromatic N) is 3. The summed E-state index contributed by atoms with van der Waals surface area (Å²) in [6, 6.07) is 6.64. The van der Waals surface area contributed by atoms with Crippen LogP contribution in [0.5, 0.6) is 5.88 Å². The van der Waals surface area contributed by atoms with E-state index in [4.69, 9.17) is 0 Å². The van der Waals surface area contributed by atoms with Gasteiger partial charge in [0.15, 0.2) is 5.03 Å². The molecule has 3 aromatic rings. The molecule has 0 atom stereocenters. The van der Waals surface area contributed by atoms with Crippen LogP contribution in [-0.2, 0) is 17.1 Å². The molecule has 0 aliphatic rings. The van der Waals surface area contributed by atoms with Crippen LogP contribution in [0.2, 0.25) is 0 Å². The maximum absolute atomic E-state index is 12.2. The van der Waals surface area contributed by atoms with Crippen molar-refractivity contribution in [1.29, 1.82) is 0 Å². The Hall–Kier alpha value is -2.61. The quantitative estimate of drug-likeness (QED) is 0.767. The van der Waals surface area contributed by atoms with E-state index in [-0.39, 0.29) is 10.9 Å². The first-order valence-electron chi connectivity index (χ1n) is 6.46. The fraction of sp³-hybridized carbons (Fsp3) is 0.143. The third-order valence-electron chi connectivity index (χ3n) is 3.19. The van der Waals surface area contributed by atoms with Crippen LogP contribution in [-0.4, -0.2) is 28.1 Å². The first-order valence-corrected chi connectivity index (χ1v) is 7.95. The Morgan fingerprint density at radius 3 is 2.73 bits per heavy atom. The van der Waals surface area contributed by atoms with Crippen LogP contribution in [0.3, 0.4) is 0 Å². The Balaban J connectivity index is 1.99. The average Bonchev–Trinajstić information content (AvgIpc) is 2.88. The van der Waals surface area contributed by atoms with Gasteiger partial charge < -0.3 is 9.67 Å². The lowest BCUT2D eigenvalue weighted by Gasteiger charge is -2.08. The molecule has 22 heavy (non-hydrogen) atoms. The van der Waals surface area contributed by atoms with Gasteiger partial charge in [-0.15, -0.1) is 0 Å². The van der Waals surface area contributed by atoms with Gasteiger partial charge in [-0.25, -0.2) is 9.97 Å². The van der Waals surface area contributed by atoms with E-state index in [2.05, 4.69) is 14.7 Å². The first-order chi connectivity index (χ1) is 10.3. The highest BCUT2D eigenvalue weighted by Crippen LogP contribution is 2.24. The minimum absolute atomic E-state index is 0.0330. The van der Waals surface area contributed by atoms with Crippen LogP contribution >= 0.6 is 0 Å². The number of aryl methyl sites for hydroxylation is 2. The van der Waals surface area contributed by atoms with Crippen molar-refractivity contribution in [3.63, 3.8) is 0 Å². The maximum Gasteiger partial charge on any atom is 0.280 e. The van der Waals surface area contributed by atoms with Crippen LogP contribution in [0.1, 0.15) is 5.56 Å². The Morgan fingerprint density at radius 1 is 1.27 bits per heavy atom. The van der Waals surface area contributed by atoms with Crippen molar-refractivity contribution in [3.8, 4) is 5.88 Å². The Labute approximate surface area is 127 Å². The first kappa shape index (κ1) is 14.3. The highest BCUT2D eigenvalue weighted by atomic mass is 32.2. The fourth-order valence-corrected chi connectivity index (χ4v) is 3.10. The van der Waals surface area contributed by atoms with Crippen molar-refractivity contribution in [2.24, 2.45) is 7.05 Å². The molecule has 0 saturated heterocycles. The maximum atomic E-state index is 12.2. The van der Waals surface area contributed by atoms with E-state index < -0.39 is 10.0 Å². The van der Waals surface area contributed by atoms with Crippen LogP contribution in [0, 0.1) is 6.92 Å². The number of hydrogen-bond donors (Lipinski definition) is 2. The Kier molecular flexibility index (Phi) is 3.25. The van der Waals surface area contributed by atoms with E-state index in [1.807, 2.05) is 0 Å². The van der Waals surface area contributed by atoms with Gasteiger partial charge in [-0.05, 0) is 31.2 Å². The van der Waals surface area contributed by atoms with Gasteiger partial charge in [0.25, 0.3) is 10.0 Å². The van der Waals surface area contributed by atoms with Crippen molar-refractivity contribution in [2.45, 2.75) is 11.9 Å². The number of nitrogens with one attached hydrogen (secondary N) is 1. The molecule has 0 aliphatic carbocycles. The molecule has 3 rings (SSSR count). The predicted octanol–water partition coefficient (Wildman–Crippen LogP) is 1.78. The second-order valence-corrected chi connectivity index (χ2v) is 6.65. The molecule has 0 saturated carbocycles. The summed E-state index contributed by atoms with van der Waals surface area (Å²) in [5, 5.41) is 10.3. The van der Waals surface area contributed by atoms with Gasteiger partial charge in [0.1, 0.15) is 0 Å². The highest BCUT2D eigenvalue weighted by Gasteiger charge is 2.17. The van der Waals surface area contributed by atoms with E-state index in [9.17, 15) is 13.5 Å². The number of anilines is 1. The largest absolute Gasteiger partial charge is 0.493 e. The SMILES string of the molecule is Cc1cc2cc(NS(=O)(=O)c3cn(C)cn3)ccc2nc1O. The molecular formula is C14H14N4O3S. The van der Waals surface area contributed by atoms with Crippen molar-refractivity contribution < 1.29 is 13.5 Å². The molecule has 8 heteroatoms.